The largest absolute Gasteiger partial charge is 0.322 e. The van der Waals surface area contributed by atoms with Gasteiger partial charge in [-0.2, -0.15) is 0 Å². The maximum atomic E-state index is 12.4. The summed E-state index contributed by atoms with van der Waals surface area (Å²) in [6, 6.07) is 14.6. The Kier molecular flexibility index (Phi) is 5.86. The number of carbonyl (C=O) groups excluding carboxylic acids is 1. The molecule has 6 heteroatoms. The van der Waals surface area contributed by atoms with Gasteiger partial charge < -0.3 is 5.32 Å². The Morgan fingerprint density at radius 1 is 1.12 bits per heavy atom. The summed E-state index contributed by atoms with van der Waals surface area (Å²) in [5, 5.41) is 3.82. The van der Waals surface area contributed by atoms with Gasteiger partial charge in [0.25, 0.3) is 5.91 Å². The zero-order valence-electron chi connectivity index (χ0n) is 14.1. The molecule has 0 saturated heterocycles. The van der Waals surface area contributed by atoms with Gasteiger partial charge in [0.1, 0.15) is 5.15 Å². The van der Waals surface area contributed by atoms with E-state index in [-0.39, 0.29) is 11.8 Å². The second-order valence-electron chi connectivity index (χ2n) is 6.03. The van der Waals surface area contributed by atoms with Crippen LogP contribution in [0.3, 0.4) is 0 Å². The lowest BCUT2D eigenvalue weighted by atomic mass is 9.96. The van der Waals surface area contributed by atoms with Crippen LogP contribution in [0.15, 0.2) is 60.9 Å². The molecule has 4 nitrogen and oxygen atoms in total. The van der Waals surface area contributed by atoms with Crippen molar-refractivity contribution >= 4 is 34.8 Å². The number of halogens is 2. The number of nitrogens with zero attached hydrogens (tertiary/aromatic N) is 2. The predicted molar refractivity (Wildman–Crippen MR) is 105 cm³/mol. The Morgan fingerprint density at radius 3 is 2.69 bits per heavy atom. The second kappa shape index (κ2) is 8.30. The Bertz CT molecular complexity index is 930. The molecule has 0 fully saturated rings. The summed E-state index contributed by atoms with van der Waals surface area (Å²) in [6.07, 6.45) is 3.94. The van der Waals surface area contributed by atoms with Crippen LogP contribution < -0.4 is 5.32 Å². The molecule has 0 radical (unpaired) electrons. The SMILES string of the molecule is C[C@H](Cc1cncc(Cl)n1)c1cccc(NC(=O)c2cccc(Cl)c2)c1. The van der Waals surface area contributed by atoms with Crippen LogP contribution in [0.2, 0.25) is 10.2 Å². The fraction of sp³-hybridized carbons (Fsp3) is 0.150. The first-order valence-electron chi connectivity index (χ1n) is 8.14. The number of hydrogen-bond acceptors (Lipinski definition) is 3. The van der Waals surface area contributed by atoms with Crippen LogP contribution in [0.4, 0.5) is 5.69 Å². The van der Waals surface area contributed by atoms with Crippen molar-refractivity contribution in [2.45, 2.75) is 19.3 Å². The molecule has 3 aromatic rings. The maximum absolute atomic E-state index is 12.4. The van der Waals surface area contributed by atoms with Gasteiger partial charge in [0.15, 0.2) is 0 Å². The molecular formula is C20H17Cl2N3O. The standard InChI is InChI=1S/C20H17Cl2N3O/c1-13(8-18-11-23-12-19(22)24-18)14-4-3-7-17(10-14)25-20(26)15-5-2-6-16(21)9-15/h2-7,9-13H,8H2,1H3,(H,25,26)/t13-/m1/s1. The minimum absolute atomic E-state index is 0.196. The lowest BCUT2D eigenvalue weighted by Crippen LogP contribution is -2.12. The summed E-state index contributed by atoms with van der Waals surface area (Å²) in [4.78, 5) is 20.7. The quantitative estimate of drug-likeness (QED) is 0.640. The van der Waals surface area contributed by atoms with Crippen LogP contribution >= 0.6 is 23.2 Å². The molecule has 0 aliphatic rings. The molecule has 1 atom stereocenters. The summed E-state index contributed by atoms with van der Waals surface area (Å²) in [7, 11) is 0. The Hall–Kier alpha value is -2.43. The van der Waals surface area contributed by atoms with Crippen molar-refractivity contribution < 1.29 is 4.79 Å². The van der Waals surface area contributed by atoms with E-state index < -0.39 is 0 Å². The van der Waals surface area contributed by atoms with Gasteiger partial charge in [-0.25, -0.2) is 4.98 Å². The van der Waals surface area contributed by atoms with Crippen molar-refractivity contribution in [1.29, 1.82) is 0 Å². The van der Waals surface area contributed by atoms with Crippen molar-refractivity contribution in [1.82, 2.24) is 9.97 Å². The van der Waals surface area contributed by atoms with E-state index in [1.807, 2.05) is 24.3 Å². The first kappa shape index (κ1) is 18.4. The van der Waals surface area contributed by atoms with Gasteiger partial charge in [0, 0.05) is 22.5 Å². The summed E-state index contributed by atoms with van der Waals surface area (Å²) in [6.45, 7) is 2.10. The monoisotopic (exact) mass is 385 g/mol. The van der Waals surface area contributed by atoms with Crippen LogP contribution in [0.1, 0.15) is 34.5 Å². The number of anilines is 1. The van der Waals surface area contributed by atoms with E-state index in [1.165, 1.54) is 6.20 Å². The van der Waals surface area contributed by atoms with Crippen molar-refractivity contribution in [3.8, 4) is 0 Å². The molecule has 3 rings (SSSR count). The average Bonchev–Trinajstić information content (AvgIpc) is 2.62. The number of amides is 1. The molecule has 1 heterocycles. The summed E-state index contributed by atoms with van der Waals surface area (Å²) in [5.41, 5.74) is 3.18. The molecule has 26 heavy (non-hydrogen) atoms. The molecule has 0 saturated carbocycles. The molecule has 1 N–H and O–H groups in total. The number of nitrogens with one attached hydrogen (secondary N) is 1. The number of benzene rings is 2. The predicted octanol–water partition coefficient (Wildman–Crippen LogP) is 5.38. The van der Waals surface area contributed by atoms with Crippen LogP contribution in [-0.4, -0.2) is 15.9 Å². The molecule has 1 aromatic heterocycles. The number of hydrogen-bond donors (Lipinski definition) is 1. The highest BCUT2D eigenvalue weighted by atomic mass is 35.5. The van der Waals surface area contributed by atoms with Gasteiger partial charge >= 0.3 is 0 Å². The van der Waals surface area contributed by atoms with Crippen molar-refractivity contribution in [2.75, 3.05) is 5.32 Å². The van der Waals surface area contributed by atoms with Crippen LogP contribution in [-0.2, 0) is 6.42 Å². The molecule has 0 aliphatic carbocycles. The van der Waals surface area contributed by atoms with Crippen molar-refractivity contribution in [3.63, 3.8) is 0 Å². The second-order valence-corrected chi connectivity index (χ2v) is 6.85. The van der Waals surface area contributed by atoms with E-state index in [1.54, 1.807) is 30.5 Å². The van der Waals surface area contributed by atoms with E-state index in [9.17, 15) is 4.79 Å². The minimum Gasteiger partial charge on any atom is -0.322 e. The molecular weight excluding hydrogens is 369 g/mol. The number of rotatable bonds is 5. The van der Waals surface area contributed by atoms with E-state index in [0.29, 0.717) is 22.2 Å². The van der Waals surface area contributed by atoms with Gasteiger partial charge in [-0.15, -0.1) is 0 Å². The molecule has 2 aromatic carbocycles. The third-order valence-corrected chi connectivity index (χ3v) is 4.39. The van der Waals surface area contributed by atoms with E-state index >= 15 is 0 Å². The molecule has 0 spiro atoms. The molecule has 132 valence electrons. The summed E-state index contributed by atoms with van der Waals surface area (Å²) >= 11 is 11.8. The molecule has 0 aliphatic heterocycles. The van der Waals surface area contributed by atoms with Crippen LogP contribution in [0, 0.1) is 0 Å². The molecule has 1 amide bonds. The topological polar surface area (TPSA) is 54.9 Å². The zero-order chi connectivity index (χ0) is 18.5. The zero-order valence-corrected chi connectivity index (χ0v) is 15.6. The van der Waals surface area contributed by atoms with Crippen molar-refractivity contribution in [3.05, 3.63) is 87.9 Å². The Labute approximate surface area is 162 Å². The smallest absolute Gasteiger partial charge is 0.255 e. The fourth-order valence-electron chi connectivity index (χ4n) is 2.67. The molecule has 0 bridgehead atoms. The maximum Gasteiger partial charge on any atom is 0.255 e. The first-order chi connectivity index (χ1) is 12.5. The van der Waals surface area contributed by atoms with Gasteiger partial charge in [0.2, 0.25) is 0 Å². The lowest BCUT2D eigenvalue weighted by molar-refractivity contribution is 0.102. The van der Waals surface area contributed by atoms with Gasteiger partial charge in [-0.05, 0) is 48.2 Å². The van der Waals surface area contributed by atoms with Crippen LogP contribution in [0.5, 0.6) is 0 Å². The van der Waals surface area contributed by atoms with Crippen molar-refractivity contribution in [2.24, 2.45) is 0 Å². The highest BCUT2D eigenvalue weighted by Crippen LogP contribution is 2.23. The third-order valence-electron chi connectivity index (χ3n) is 3.97. The normalized spacial score (nSPS) is 11.8. The van der Waals surface area contributed by atoms with Gasteiger partial charge in [-0.1, -0.05) is 48.3 Å². The fourth-order valence-corrected chi connectivity index (χ4v) is 3.02. The van der Waals surface area contributed by atoms with E-state index in [0.717, 1.165) is 16.9 Å². The minimum atomic E-state index is -0.196. The summed E-state index contributed by atoms with van der Waals surface area (Å²) < 4.78 is 0. The number of carbonyl (C=O) groups is 1. The Morgan fingerprint density at radius 2 is 1.92 bits per heavy atom. The van der Waals surface area contributed by atoms with Gasteiger partial charge in [0.05, 0.1) is 11.9 Å². The number of aromatic nitrogens is 2. The molecule has 0 unspecified atom stereocenters. The van der Waals surface area contributed by atoms with E-state index in [2.05, 4.69) is 22.2 Å². The average molecular weight is 386 g/mol. The highest BCUT2D eigenvalue weighted by Gasteiger charge is 2.11. The highest BCUT2D eigenvalue weighted by molar-refractivity contribution is 6.31. The lowest BCUT2D eigenvalue weighted by Gasteiger charge is -2.13. The van der Waals surface area contributed by atoms with E-state index in [4.69, 9.17) is 23.2 Å². The third kappa shape index (κ3) is 4.81. The first-order valence-corrected chi connectivity index (χ1v) is 8.90. The Balaban J connectivity index is 1.72. The van der Waals surface area contributed by atoms with Crippen LogP contribution in [0.25, 0.3) is 0 Å². The summed E-state index contributed by atoms with van der Waals surface area (Å²) in [5.74, 6) is 0.00352. The van der Waals surface area contributed by atoms with Gasteiger partial charge in [-0.3, -0.25) is 9.78 Å².